The van der Waals surface area contributed by atoms with Crippen LogP contribution in [0.4, 0.5) is 0 Å². The van der Waals surface area contributed by atoms with E-state index in [0.29, 0.717) is 31.0 Å². The summed E-state index contributed by atoms with van der Waals surface area (Å²) in [4.78, 5) is 66.9. The van der Waals surface area contributed by atoms with E-state index in [1.807, 2.05) is 96.2 Å². The number of methoxy groups -OCH3 is 1. The lowest BCUT2D eigenvalue weighted by atomic mass is 9.71. The first-order valence-electron chi connectivity index (χ1n) is 20.7. The number of ether oxygens (including phenoxy) is 2. The fraction of sp³-hybridized carbons (Fsp3) is 0.451. The quantitative estimate of drug-likeness (QED) is 0.0772. The highest BCUT2D eigenvalue weighted by molar-refractivity contribution is 6.01. The molecule has 0 fully saturated rings. The van der Waals surface area contributed by atoms with Gasteiger partial charge in [0.05, 0.1) is 12.8 Å². The zero-order valence-corrected chi connectivity index (χ0v) is 38.9. The second-order valence-electron chi connectivity index (χ2n) is 15.0. The molecular weight excluding hydrogens is 773 g/mol. The first-order chi connectivity index (χ1) is 28.9. The number of aliphatic carboxylic acids is 1. The first kappa shape index (κ1) is 57.8. The predicted octanol–water partition coefficient (Wildman–Crippen LogP) is 10.4. The average molecular weight is 845 g/mol. The van der Waals surface area contributed by atoms with Crippen molar-refractivity contribution in [3.63, 3.8) is 0 Å². The van der Waals surface area contributed by atoms with Gasteiger partial charge in [-0.05, 0) is 88.0 Å². The largest absolute Gasteiger partial charge is 0.481 e. The fourth-order valence-corrected chi connectivity index (χ4v) is 6.14. The fourth-order valence-electron chi connectivity index (χ4n) is 6.14. The maximum atomic E-state index is 12.8. The van der Waals surface area contributed by atoms with Crippen molar-refractivity contribution >= 4 is 36.1 Å². The number of ketones is 2. The highest BCUT2D eigenvalue weighted by atomic mass is 16.5. The number of aliphatic hydroxyl groups excluding tert-OH is 1. The summed E-state index contributed by atoms with van der Waals surface area (Å²) in [6.45, 7) is 22.2. The molecule has 0 bridgehead atoms. The summed E-state index contributed by atoms with van der Waals surface area (Å²) < 4.78 is 10.8. The van der Waals surface area contributed by atoms with Crippen LogP contribution in [0, 0.1) is 11.3 Å². The molecule has 0 aromatic carbocycles. The monoisotopic (exact) mass is 845 g/mol. The molecule has 2 N–H and O–H groups in total. The van der Waals surface area contributed by atoms with Crippen LogP contribution < -0.4 is 0 Å². The molecule has 0 aromatic heterocycles. The number of carboxylic acid groups (broad SMARTS) is 1. The lowest BCUT2D eigenvalue weighted by Gasteiger charge is -2.36. The Morgan fingerprint density at radius 2 is 1.15 bits per heavy atom. The minimum Gasteiger partial charge on any atom is -0.481 e. The van der Waals surface area contributed by atoms with Gasteiger partial charge in [0.15, 0.2) is 17.7 Å². The van der Waals surface area contributed by atoms with Crippen LogP contribution >= 0.6 is 0 Å². The summed E-state index contributed by atoms with van der Waals surface area (Å²) in [6, 6.07) is 0. The Bertz CT molecular complexity index is 1810. The van der Waals surface area contributed by atoms with Crippen LogP contribution in [0.25, 0.3) is 0 Å². The van der Waals surface area contributed by atoms with Crippen molar-refractivity contribution in [2.45, 2.75) is 127 Å². The van der Waals surface area contributed by atoms with Crippen molar-refractivity contribution in [2.75, 3.05) is 14.2 Å². The van der Waals surface area contributed by atoms with E-state index in [1.54, 1.807) is 14.0 Å². The van der Waals surface area contributed by atoms with Gasteiger partial charge in [0.1, 0.15) is 18.7 Å². The minimum absolute atomic E-state index is 0.00733. The van der Waals surface area contributed by atoms with Crippen molar-refractivity contribution in [3.8, 4) is 0 Å². The average Bonchev–Trinajstić information content (AvgIpc) is 3.22. The third-order valence-electron chi connectivity index (χ3n) is 9.49. The van der Waals surface area contributed by atoms with E-state index in [0.717, 1.165) is 46.1 Å². The van der Waals surface area contributed by atoms with E-state index in [1.165, 1.54) is 0 Å². The summed E-state index contributed by atoms with van der Waals surface area (Å²) in [5, 5.41) is 14.9. The molecule has 336 valence electrons. The molecule has 2 aliphatic carbocycles. The maximum absolute atomic E-state index is 12.8. The van der Waals surface area contributed by atoms with E-state index in [9.17, 15) is 28.8 Å². The van der Waals surface area contributed by atoms with Gasteiger partial charge in [-0.15, -0.1) is 0 Å². The molecule has 0 saturated carbocycles. The number of carboxylic acids is 1. The van der Waals surface area contributed by atoms with Crippen LogP contribution in [0.1, 0.15) is 115 Å². The number of aliphatic hydroxyl groups is 1. The molecule has 0 spiro atoms. The van der Waals surface area contributed by atoms with Crippen molar-refractivity contribution in [1.82, 2.24) is 0 Å². The van der Waals surface area contributed by atoms with Crippen LogP contribution in [0.3, 0.4) is 0 Å². The van der Waals surface area contributed by atoms with Gasteiger partial charge in [0.2, 0.25) is 0 Å². The molecular formula is C51H72O10. The Balaban J connectivity index is 0. The summed E-state index contributed by atoms with van der Waals surface area (Å²) in [5.74, 6) is -1.48. The Hall–Kier alpha value is -5.32. The normalized spacial score (nSPS) is 20.1. The van der Waals surface area contributed by atoms with E-state index in [2.05, 4.69) is 58.1 Å². The van der Waals surface area contributed by atoms with Crippen molar-refractivity contribution in [2.24, 2.45) is 11.3 Å². The van der Waals surface area contributed by atoms with E-state index in [4.69, 9.17) is 19.7 Å². The van der Waals surface area contributed by atoms with Gasteiger partial charge in [0, 0.05) is 27.1 Å². The number of carbonyl (C=O) groups is 6. The van der Waals surface area contributed by atoms with Crippen LogP contribution in [0.15, 0.2) is 130 Å². The molecule has 0 amide bonds. The number of hydrogen-bond acceptors (Lipinski definition) is 9. The van der Waals surface area contributed by atoms with E-state index < -0.39 is 18.0 Å². The molecule has 0 radical (unpaired) electrons. The highest BCUT2D eigenvalue weighted by Gasteiger charge is 2.38. The van der Waals surface area contributed by atoms with Crippen LogP contribution in [0.5, 0.6) is 0 Å². The zero-order valence-electron chi connectivity index (χ0n) is 38.9. The molecule has 0 aromatic rings. The summed E-state index contributed by atoms with van der Waals surface area (Å²) in [5.41, 5.74) is 7.63. The Labute approximate surface area is 365 Å². The van der Waals surface area contributed by atoms with Gasteiger partial charge >= 0.3 is 11.9 Å². The number of esters is 1. The smallest absolute Gasteiger partial charge is 0.306 e. The van der Waals surface area contributed by atoms with Crippen molar-refractivity contribution in [3.05, 3.63) is 130 Å². The van der Waals surface area contributed by atoms with Gasteiger partial charge in [0.25, 0.3) is 0 Å². The standard InChI is InChI=1S/C44H56O6.C4H6O3.C2H6.CH4O/c1-30(18-13-20-32(3)23-25-37-34(5)28-39(42(47)35(37)6)50-41(46)22-15-27-45)16-11-12-17-31(2)19-14-21-33(4)24-26-38-36(7)43(48)40(49-10)29-44(38,8)9;5-3-1-2-4(6)7;2*1-2/h11-14,16-21,23-27,34,39-40H,15,22,28-29H2,1-10H3;3H,1-2H2,(H,6,7);1-2H3;2H,1H3/b12-11+,18-13+,19-14+,25-23+,26-24+,30-16+,31-17+,32-20+,33-21+;;;. The summed E-state index contributed by atoms with van der Waals surface area (Å²) >= 11 is 0. The maximum Gasteiger partial charge on any atom is 0.306 e. The number of carbonyl (C=O) groups excluding carboxylic acids is 5. The lowest BCUT2D eigenvalue weighted by Crippen LogP contribution is -2.37. The SMILES string of the molecule is CC.CO.COC1CC(C)(C)C(/C=C/C(C)=C/C=C/C(C)=C/C=C/C=C(C)/C=C/C=C(C)/C=C/C2=C(C)C(=O)C(OC(=O)CCC=O)CC2C)=C(C)C1=O.O=CCCC(=O)O. The molecule has 0 saturated heterocycles. The highest BCUT2D eigenvalue weighted by Crippen LogP contribution is 2.40. The molecule has 10 heteroatoms. The molecule has 0 heterocycles. The Morgan fingerprint density at radius 1 is 0.705 bits per heavy atom. The molecule has 3 unspecified atom stereocenters. The van der Waals surface area contributed by atoms with Crippen LogP contribution in [0.2, 0.25) is 0 Å². The summed E-state index contributed by atoms with van der Waals surface area (Å²) in [6.07, 6.45) is 29.8. The lowest BCUT2D eigenvalue weighted by molar-refractivity contribution is -0.155. The third-order valence-corrected chi connectivity index (χ3v) is 9.49. The number of hydrogen-bond donors (Lipinski definition) is 2. The van der Waals surface area contributed by atoms with Gasteiger partial charge in [-0.3, -0.25) is 19.2 Å². The molecule has 2 aliphatic rings. The zero-order chi connectivity index (χ0) is 47.1. The van der Waals surface area contributed by atoms with Gasteiger partial charge in [-0.1, -0.05) is 142 Å². The van der Waals surface area contributed by atoms with Gasteiger partial charge in [-0.25, -0.2) is 0 Å². The first-order valence-corrected chi connectivity index (χ1v) is 20.7. The van der Waals surface area contributed by atoms with Crippen molar-refractivity contribution < 1.29 is 48.5 Å². The van der Waals surface area contributed by atoms with Crippen molar-refractivity contribution in [1.29, 1.82) is 0 Å². The minimum atomic E-state index is -0.924. The van der Waals surface area contributed by atoms with Gasteiger partial charge in [-0.2, -0.15) is 0 Å². The van der Waals surface area contributed by atoms with Crippen LogP contribution in [-0.2, 0) is 38.2 Å². The molecule has 0 aliphatic heterocycles. The second kappa shape index (κ2) is 32.5. The van der Waals surface area contributed by atoms with E-state index >= 15 is 0 Å². The number of Topliss-reactive ketones (excluding diaryl/α,β-unsaturated/α-hetero) is 2. The molecule has 10 nitrogen and oxygen atoms in total. The Kier molecular flexibility index (Phi) is 30.7. The number of aldehydes is 2. The topological polar surface area (TPSA) is 161 Å². The number of allylic oxidation sites excluding steroid dienone is 20. The predicted molar refractivity (Wildman–Crippen MR) is 247 cm³/mol. The van der Waals surface area contributed by atoms with Crippen LogP contribution in [-0.4, -0.2) is 72.7 Å². The third kappa shape index (κ3) is 23.3. The Morgan fingerprint density at radius 3 is 1.61 bits per heavy atom. The van der Waals surface area contributed by atoms with E-state index in [-0.39, 0.29) is 54.7 Å². The molecule has 61 heavy (non-hydrogen) atoms. The molecule has 3 atom stereocenters. The van der Waals surface area contributed by atoms with Gasteiger partial charge < -0.3 is 29.3 Å². The summed E-state index contributed by atoms with van der Waals surface area (Å²) in [7, 11) is 2.60. The molecule has 2 rings (SSSR count). The second-order valence-corrected chi connectivity index (χ2v) is 15.0. The number of rotatable bonds is 18.